The van der Waals surface area contributed by atoms with Crippen LogP contribution in [-0.2, 0) is 0 Å². The molecular weight excluding hydrogens is 392 g/mol. The van der Waals surface area contributed by atoms with Crippen LogP contribution in [0.15, 0.2) is 42.5 Å². The van der Waals surface area contributed by atoms with E-state index in [1.807, 2.05) is 61.5 Å². The summed E-state index contributed by atoms with van der Waals surface area (Å²) in [7, 11) is 5.50. The highest BCUT2D eigenvalue weighted by molar-refractivity contribution is 7.21. The summed E-state index contributed by atoms with van der Waals surface area (Å²) in [4.78, 5) is 15.3. The van der Waals surface area contributed by atoms with Crippen molar-refractivity contribution in [1.29, 1.82) is 0 Å². The summed E-state index contributed by atoms with van der Waals surface area (Å²) >= 11 is 1.31. The highest BCUT2D eigenvalue weighted by Gasteiger charge is 2.22. The van der Waals surface area contributed by atoms with Crippen molar-refractivity contribution in [1.82, 2.24) is 20.6 Å². The van der Waals surface area contributed by atoms with Gasteiger partial charge in [-0.3, -0.25) is 10.1 Å². The van der Waals surface area contributed by atoms with Gasteiger partial charge in [0.15, 0.2) is 5.75 Å². The van der Waals surface area contributed by atoms with Gasteiger partial charge in [-0.15, -0.1) is 16.4 Å². The number of aromatic amines is 1. The average Bonchev–Trinajstić information content (AvgIpc) is 3.36. The maximum atomic E-state index is 12.9. The number of rotatable bonds is 6. The number of tetrazole rings is 1. The summed E-state index contributed by atoms with van der Waals surface area (Å²) in [5.74, 6) is 1.44. The summed E-state index contributed by atoms with van der Waals surface area (Å²) in [6.45, 7) is 0. The van der Waals surface area contributed by atoms with E-state index >= 15 is 0 Å². The van der Waals surface area contributed by atoms with E-state index in [4.69, 9.17) is 9.47 Å². The highest BCUT2D eigenvalue weighted by atomic mass is 32.1. The number of carbonyl (C=O) groups excluding carboxylic acids is 1. The molecule has 0 saturated carbocycles. The molecule has 0 radical (unpaired) electrons. The van der Waals surface area contributed by atoms with E-state index < -0.39 is 0 Å². The number of H-pyrrole nitrogens is 1. The predicted octanol–water partition coefficient (Wildman–Crippen LogP) is 3.53. The average molecular weight is 410 g/mol. The minimum atomic E-state index is -0.384. The fourth-order valence-electron chi connectivity index (χ4n) is 2.75. The van der Waals surface area contributed by atoms with Crippen molar-refractivity contribution < 1.29 is 14.3 Å². The van der Waals surface area contributed by atoms with E-state index in [9.17, 15) is 4.79 Å². The Bertz CT molecular complexity index is 1160. The van der Waals surface area contributed by atoms with Gasteiger partial charge in [0.25, 0.3) is 11.9 Å². The number of hydrogen-bond donors (Lipinski definition) is 2. The number of hydrogen-bond acceptors (Lipinski definition) is 8. The van der Waals surface area contributed by atoms with Crippen LogP contribution < -0.4 is 19.7 Å². The molecule has 0 saturated heterocycles. The minimum Gasteiger partial charge on any atom is -0.497 e. The van der Waals surface area contributed by atoms with Crippen molar-refractivity contribution in [2.24, 2.45) is 0 Å². The van der Waals surface area contributed by atoms with Crippen LogP contribution in [0.1, 0.15) is 9.67 Å². The molecule has 2 aromatic heterocycles. The molecule has 0 aliphatic rings. The van der Waals surface area contributed by atoms with Crippen LogP contribution in [0, 0.1) is 0 Å². The largest absolute Gasteiger partial charge is 0.497 e. The molecule has 0 unspecified atom stereocenters. The Labute approximate surface area is 170 Å². The maximum Gasteiger partial charge on any atom is 0.272 e. The van der Waals surface area contributed by atoms with E-state index in [1.54, 1.807) is 7.11 Å². The van der Waals surface area contributed by atoms with E-state index in [1.165, 1.54) is 11.3 Å². The van der Waals surface area contributed by atoms with E-state index in [2.05, 4.69) is 25.9 Å². The SMILES string of the molecule is COc1ccc2sc(C(=O)Nc3nn[nH]n3)c(Oc3cccc(N(C)C)c3)c2c1. The second kappa shape index (κ2) is 7.76. The van der Waals surface area contributed by atoms with Crippen molar-refractivity contribution in [2.75, 3.05) is 31.4 Å². The van der Waals surface area contributed by atoms with Crippen LogP contribution in [0.25, 0.3) is 10.1 Å². The van der Waals surface area contributed by atoms with E-state index in [0.29, 0.717) is 22.1 Å². The first kappa shape index (κ1) is 18.7. The van der Waals surface area contributed by atoms with Gasteiger partial charge in [0, 0.05) is 35.9 Å². The predicted molar refractivity (Wildman–Crippen MR) is 111 cm³/mol. The van der Waals surface area contributed by atoms with E-state index in [-0.39, 0.29) is 11.9 Å². The molecule has 2 aromatic carbocycles. The molecule has 148 valence electrons. The molecule has 2 heterocycles. The van der Waals surface area contributed by atoms with Crippen LogP contribution in [0.5, 0.6) is 17.2 Å². The molecule has 10 heteroatoms. The molecule has 4 aromatic rings. The Morgan fingerprint density at radius 3 is 2.76 bits per heavy atom. The van der Waals surface area contributed by atoms with Gasteiger partial charge in [0.2, 0.25) is 0 Å². The third kappa shape index (κ3) is 3.83. The molecule has 1 amide bonds. The molecule has 0 fully saturated rings. The summed E-state index contributed by atoms with van der Waals surface area (Å²) in [6.07, 6.45) is 0. The number of methoxy groups -OCH3 is 1. The minimum absolute atomic E-state index is 0.0885. The van der Waals surface area contributed by atoms with Gasteiger partial charge in [-0.25, -0.2) is 0 Å². The Morgan fingerprint density at radius 1 is 1.17 bits per heavy atom. The number of nitrogens with zero attached hydrogens (tertiary/aromatic N) is 4. The number of thiophene rings is 1. The first-order chi connectivity index (χ1) is 14.0. The van der Waals surface area contributed by atoms with Crippen LogP contribution in [-0.4, -0.2) is 47.7 Å². The van der Waals surface area contributed by atoms with Crippen LogP contribution in [0.2, 0.25) is 0 Å². The zero-order valence-electron chi connectivity index (χ0n) is 16.0. The molecule has 4 rings (SSSR count). The van der Waals surface area contributed by atoms with Crippen molar-refractivity contribution >= 4 is 39.0 Å². The van der Waals surface area contributed by atoms with Gasteiger partial charge in [0.05, 0.1) is 7.11 Å². The number of nitrogens with one attached hydrogen (secondary N) is 2. The number of aromatic nitrogens is 4. The van der Waals surface area contributed by atoms with Crippen LogP contribution in [0.3, 0.4) is 0 Å². The molecule has 0 atom stereocenters. The molecule has 0 aliphatic carbocycles. The molecular formula is C19H18N6O3S. The lowest BCUT2D eigenvalue weighted by molar-refractivity contribution is 0.102. The molecule has 0 spiro atoms. The Morgan fingerprint density at radius 2 is 2.03 bits per heavy atom. The quantitative estimate of drug-likeness (QED) is 0.501. The first-order valence-electron chi connectivity index (χ1n) is 8.65. The fourth-order valence-corrected chi connectivity index (χ4v) is 3.75. The topological polar surface area (TPSA) is 105 Å². The summed E-state index contributed by atoms with van der Waals surface area (Å²) in [5, 5.41) is 16.7. The van der Waals surface area contributed by atoms with Gasteiger partial charge in [0.1, 0.15) is 16.4 Å². The molecule has 0 bridgehead atoms. The zero-order valence-corrected chi connectivity index (χ0v) is 16.8. The smallest absolute Gasteiger partial charge is 0.272 e. The van der Waals surface area contributed by atoms with E-state index in [0.717, 1.165) is 15.8 Å². The fraction of sp³-hybridized carbons (Fsp3) is 0.158. The normalized spacial score (nSPS) is 10.7. The summed E-state index contributed by atoms with van der Waals surface area (Å²) in [5.41, 5.74) is 0.984. The van der Waals surface area contributed by atoms with Gasteiger partial charge in [-0.05, 0) is 35.5 Å². The number of anilines is 2. The lowest BCUT2D eigenvalue weighted by atomic mass is 10.2. The maximum absolute atomic E-state index is 12.9. The number of amides is 1. The Hall–Kier alpha value is -3.66. The third-order valence-corrected chi connectivity index (χ3v) is 5.33. The molecule has 0 aliphatic heterocycles. The monoisotopic (exact) mass is 410 g/mol. The third-order valence-electron chi connectivity index (χ3n) is 4.18. The number of benzene rings is 2. The Kier molecular flexibility index (Phi) is 5.00. The number of carbonyl (C=O) groups is 1. The lowest BCUT2D eigenvalue weighted by Crippen LogP contribution is -2.12. The number of ether oxygens (including phenoxy) is 2. The summed E-state index contributed by atoms with van der Waals surface area (Å²) in [6, 6.07) is 13.2. The van der Waals surface area contributed by atoms with Gasteiger partial charge in [-0.2, -0.15) is 5.21 Å². The van der Waals surface area contributed by atoms with Gasteiger partial charge < -0.3 is 14.4 Å². The zero-order chi connectivity index (χ0) is 20.4. The molecule has 2 N–H and O–H groups in total. The number of fused-ring (bicyclic) bond motifs is 1. The van der Waals surface area contributed by atoms with Crippen molar-refractivity contribution in [3.63, 3.8) is 0 Å². The summed E-state index contributed by atoms with van der Waals surface area (Å²) < 4.78 is 12.4. The van der Waals surface area contributed by atoms with Crippen LogP contribution >= 0.6 is 11.3 Å². The molecule has 9 nitrogen and oxygen atoms in total. The van der Waals surface area contributed by atoms with Crippen molar-refractivity contribution in [2.45, 2.75) is 0 Å². The van der Waals surface area contributed by atoms with Crippen molar-refractivity contribution in [3.05, 3.63) is 47.3 Å². The second-order valence-corrected chi connectivity index (χ2v) is 7.36. The Balaban J connectivity index is 1.78. The highest BCUT2D eigenvalue weighted by Crippen LogP contribution is 2.42. The lowest BCUT2D eigenvalue weighted by Gasteiger charge is -2.14. The second-order valence-electron chi connectivity index (χ2n) is 6.31. The van der Waals surface area contributed by atoms with Crippen molar-refractivity contribution in [3.8, 4) is 17.2 Å². The van der Waals surface area contributed by atoms with Gasteiger partial charge >= 0.3 is 0 Å². The first-order valence-corrected chi connectivity index (χ1v) is 9.47. The van der Waals surface area contributed by atoms with Crippen LogP contribution in [0.4, 0.5) is 11.6 Å². The molecule has 29 heavy (non-hydrogen) atoms. The standard InChI is InChI=1S/C19H18N6O3S/c1-25(2)11-5-4-6-13(9-11)28-16-14-10-12(27-3)7-8-15(14)29-17(16)18(26)20-19-21-23-24-22-19/h4-10H,1-3H3,(H2,20,21,22,23,24,26). The van der Waals surface area contributed by atoms with Gasteiger partial charge in [-0.1, -0.05) is 11.2 Å².